The summed E-state index contributed by atoms with van der Waals surface area (Å²) in [6, 6.07) is 0. The maximum Gasteiger partial charge on any atom is 0.0497 e. The van der Waals surface area contributed by atoms with Crippen LogP contribution in [0.3, 0.4) is 0 Å². The van der Waals surface area contributed by atoms with Gasteiger partial charge in [-0.1, -0.05) is 41.5 Å². The largest absolute Gasteiger partial charge is 0.381 e. The Bertz CT molecular complexity index is 194. The normalized spacial score (nSPS) is 26.8. The van der Waals surface area contributed by atoms with Crippen LogP contribution in [0.1, 0.15) is 54.4 Å². The van der Waals surface area contributed by atoms with Crippen molar-refractivity contribution in [2.75, 3.05) is 13.2 Å². The Hall–Kier alpha value is -0.0400. The average Bonchev–Trinajstić information content (AvgIpc) is 2.73. The maximum absolute atomic E-state index is 5.76. The monoisotopic (exact) mass is 212 g/mol. The SMILES string of the molecule is CC(C)(C)CCOCC1CC1C(C)(C)C. The lowest BCUT2D eigenvalue weighted by Gasteiger charge is -2.19. The van der Waals surface area contributed by atoms with Crippen LogP contribution in [0.4, 0.5) is 0 Å². The van der Waals surface area contributed by atoms with Gasteiger partial charge in [-0.15, -0.1) is 0 Å². The fourth-order valence-corrected chi connectivity index (χ4v) is 2.11. The molecule has 0 amide bonds. The van der Waals surface area contributed by atoms with Crippen molar-refractivity contribution < 1.29 is 4.74 Å². The summed E-state index contributed by atoms with van der Waals surface area (Å²) in [7, 11) is 0. The molecule has 1 heteroatoms. The Morgan fingerprint density at radius 2 is 1.67 bits per heavy atom. The van der Waals surface area contributed by atoms with Gasteiger partial charge in [0.25, 0.3) is 0 Å². The zero-order valence-electron chi connectivity index (χ0n) is 11.4. The zero-order valence-corrected chi connectivity index (χ0v) is 11.4. The van der Waals surface area contributed by atoms with Gasteiger partial charge in [0, 0.05) is 13.2 Å². The molecule has 1 fully saturated rings. The van der Waals surface area contributed by atoms with E-state index >= 15 is 0 Å². The summed E-state index contributed by atoms with van der Waals surface area (Å²) in [4.78, 5) is 0. The number of rotatable bonds is 4. The summed E-state index contributed by atoms with van der Waals surface area (Å²) in [5.74, 6) is 1.73. The number of hydrogen-bond acceptors (Lipinski definition) is 1. The van der Waals surface area contributed by atoms with E-state index in [-0.39, 0.29) is 0 Å². The smallest absolute Gasteiger partial charge is 0.0497 e. The van der Waals surface area contributed by atoms with Crippen molar-refractivity contribution in [1.82, 2.24) is 0 Å². The summed E-state index contributed by atoms with van der Waals surface area (Å²) < 4.78 is 5.76. The van der Waals surface area contributed by atoms with Crippen LogP contribution >= 0.6 is 0 Å². The van der Waals surface area contributed by atoms with Crippen molar-refractivity contribution in [1.29, 1.82) is 0 Å². The van der Waals surface area contributed by atoms with E-state index in [2.05, 4.69) is 41.5 Å². The van der Waals surface area contributed by atoms with E-state index in [1.54, 1.807) is 0 Å². The summed E-state index contributed by atoms with van der Waals surface area (Å²) in [6.45, 7) is 15.7. The first-order chi connectivity index (χ1) is 6.70. The lowest BCUT2D eigenvalue weighted by Crippen LogP contribution is -2.13. The molecule has 0 aromatic carbocycles. The third-order valence-electron chi connectivity index (χ3n) is 3.36. The van der Waals surface area contributed by atoms with E-state index < -0.39 is 0 Å². The first-order valence-corrected chi connectivity index (χ1v) is 6.28. The van der Waals surface area contributed by atoms with Gasteiger partial charge in [0.15, 0.2) is 0 Å². The third kappa shape index (κ3) is 5.01. The van der Waals surface area contributed by atoms with Crippen molar-refractivity contribution in [2.45, 2.75) is 54.4 Å². The Labute approximate surface area is 95.6 Å². The van der Waals surface area contributed by atoms with Crippen molar-refractivity contribution in [2.24, 2.45) is 22.7 Å². The van der Waals surface area contributed by atoms with Crippen LogP contribution in [0.5, 0.6) is 0 Å². The molecule has 15 heavy (non-hydrogen) atoms. The Kier molecular flexibility index (Phi) is 3.86. The molecule has 1 saturated carbocycles. The maximum atomic E-state index is 5.76. The number of ether oxygens (including phenoxy) is 1. The van der Waals surface area contributed by atoms with Crippen LogP contribution in [-0.4, -0.2) is 13.2 Å². The quantitative estimate of drug-likeness (QED) is 0.637. The van der Waals surface area contributed by atoms with Crippen LogP contribution in [0, 0.1) is 22.7 Å². The molecule has 2 unspecified atom stereocenters. The van der Waals surface area contributed by atoms with Crippen LogP contribution in [0.25, 0.3) is 0 Å². The van der Waals surface area contributed by atoms with Crippen molar-refractivity contribution in [3.8, 4) is 0 Å². The molecule has 1 nitrogen and oxygen atoms in total. The third-order valence-corrected chi connectivity index (χ3v) is 3.36. The predicted molar refractivity (Wildman–Crippen MR) is 65.9 cm³/mol. The lowest BCUT2D eigenvalue weighted by molar-refractivity contribution is 0.0924. The van der Waals surface area contributed by atoms with Crippen molar-refractivity contribution in [3.05, 3.63) is 0 Å². The molecular weight excluding hydrogens is 184 g/mol. The Morgan fingerprint density at radius 1 is 1.07 bits per heavy atom. The second-order valence-corrected chi connectivity index (χ2v) is 7.35. The minimum atomic E-state index is 0.410. The van der Waals surface area contributed by atoms with E-state index in [0.717, 1.165) is 25.0 Å². The lowest BCUT2D eigenvalue weighted by atomic mass is 9.89. The molecule has 0 aliphatic heterocycles. The van der Waals surface area contributed by atoms with Crippen molar-refractivity contribution >= 4 is 0 Å². The van der Waals surface area contributed by atoms with Gasteiger partial charge in [0.05, 0.1) is 0 Å². The average molecular weight is 212 g/mol. The second-order valence-electron chi connectivity index (χ2n) is 7.35. The molecule has 0 radical (unpaired) electrons. The van der Waals surface area contributed by atoms with E-state index in [0.29, 0.717) is 10.8 Å². The molecule has 0 N–H and O–H groups in total. The Balaban J connectivity index is 2.05. The molecule has 0 heterocycles. The minimum Gasteiger partial charge on any atom is -0.381 e. The highest BCUT2D eigenvalue weighted by Crippen LogP contribution is 2.50. The van der Waals surface area contributed by atoms with E-state index in [4.69, 9.17) is 4.74 Å². The second kappa shape index (κ2) is 4.45. The molecular formula is C14H28O. The molecule has 1 aliphatic carbocycles. The molecule has 0 aromatic rings. The molecule has 0 bridgehead atoms. The van der Waals surface area contributed by atoms with Gasteiger partial charge >= 0.3 is 0 Å². The number of hydrogen-bond donors (Lipinski definition) is 0. The summed E-state index contributed by atoms with van der Waals surface area (Å²) >= 11 is 0. The van der Waals surface area contributed by atoms with Crippen LogP contribution in [0.15, 0.2) is 0 Å². The molecule has 0 saturated heterocycles. The zero-order chi connectivity index (χ0) is 11.7. The predicted octanol–water partition coefficient (Wildman–Crippen LogP) is 4.12. The molecule has 0 aromatic heterocycles. The van der Waals surface area contributed by atoms with Gasteiger partial charge in [-0.25, -0.2) is 0 Å². The fourth-order valence-electron chi connectivity index (χ4n) is 2.11. The summed E-state index contributed by atoms with van der Waals surface area (Å²) in [5.41, 5.74) is 0.894. The first-order valence-electron chi connectivity index (χ1n) is 6.28. The minimum absolute atomic E-state index is 0.410. The standard InChI is InChI=1S/C14H28O/c1-13(2,3)7-8-15-10-11-9-12(11)14(4,5)6/h11-12H,7-10H2,1-6H3. The van der Waals surface area contributed by atoms with E-state index in [9.17, 15) is 0 Å². The van der Waals surface area contributed by atoms with Gasteiger partial charge in [0.1, 0.15) is 0 Å². The van der Waals surface area contributed by atoms with Crippen LogP contribution in [0.2, 0.25) is 0 Å². The summed E-state index contributed by atoms with van der Waals surface area (Å²) in [5, 5.41) is 0. The molecule has 1 rings (SSSR count). The highest BCUT2D eigenvalue weighted by molar-refractivity contribution is 4.93. The van der Waals surface area contributed by atoms with Crippen LogP contribution in [-0.2, 0) is 4.74 Å². The van der Waals surface area contributed by atoms with Gasteiger partial charge in [-0.05, 0) is 35.5 Å². The highest BCUT2D eigenvalue weighted by Gasteiger charge is 2.44. The van der Waals surface area contributed by atoms with Crippen molar-refractivity contribution in [3.63, 3.8) is 0 Å². The van der Waals surface area contributed by atoms with E-state index in [1.807, 2.05) is 0 Å². The topological polar surface area (TPSA) is 9.23 Å². The van der Waals surface area contributed by atoms with Gasteiger partial charge in [-0.3, -0.25) is 0 Å². The van der Waals surface area contributed by atoms with Gasteiger partial charge in [-0.2, -0.15) is 0 Å². The van der Waals surface area contributed by atoms with Gasteiger partial charge in [0.2, 0.25) is 0 Å². The molecule has 1 aliphatic rings. The fraction of sp³-hybridized carbons (Fsp3) is 1.00. The molecule has 2 atom stereocenters. The molecule has 90 valence electrons. The first kappa shape index (κ1) is 13.0. The highest BCUT2D eigenvalue weighted by atomic mass is 16.5. The molecule has 0 spiro atoms. The Morgan fingerprint density at radius 3 is 2.07 bits per heavy atom. The van der Waals surface area contributed by atoms with E-state index in [1.165, 1.54) is 12.8 Å². The van der Waals surface area contributed by atoms with Gasteiger partial charge < -0.3 is 4.74 Å². The summed E-state index contributed by atoms with van der Waals surface area (Å²) in [6.07, 6.45) is 2.54. The van der Waals surface area contributed by atoms with Crippen LogP contribution < -0.4 is 0 Å².